The van der Waals surface area contributed by atoms with Gasteiger partial charge in [0, 0.05) is 38.8 Å². The van der Waals surface area contributed by atoms with Crippen LogP contribution in [0.2, 0.25) is 0 Å². The van der Waals surface area contributed by atoms with Crippen molar-refractivity contribution < 1.29 is 4.42 Å². The van der Waals surface area contributed by atoms with E-state index >= 15 is 0 Å². The molecular weight excluding hydrogens is 619 g/mol. The van der Waals surface area contributed by atoms with Crippen LogP contribution in [0.5, 0.6) is 0 Å². The smallest absolute Gasteiger partial charge is 0.143 e. The van der Waals surface area contributed by atoms with Crippen LogP contribution in [-0.2, 0) is 5.41 Å². The molecule has 1 aromatic heterocycles. The normalized spacial score (nSPS) is 13.1. The first kappa shape index (κ1) is 29.5. The van der Waals surface area contributed by atoms with E-state index in [2.05, 4.69) is 189 Å². The zero-order valence-corrected chi connectivity index (χ0v) is 28.6. The zero-order valence-electron chi connectivity index (χ0n) is 28.6. The van der Waals surface area contributed by atoms with E-state index in [1.165, 1.54) is 49.7 Å². The van der Waals surface area contributed by atoms with Gasteiger partial charge in [0.1, 0.15) is 11.2 Å². The molecule has 0 amide bonds. The largest absolute Gasteiger partial charge is 0.455 e. The van der Waals surface area contributed by atoms with E-state index in [-0.39, 0.29) is 5.41 Å². The lowest BCUT2D eigenvalue weighted by atomic mass is 9.65. The third kappa shape index (κ3) is 4.50. The number of hydrogen-bond donors (Lipinski definition) is 0. The Labute approximate surface area is 297 Å². The van der Waals surface area contributed by atoms with Crippen molar-refractivity contribution in [2.24, 2.45) is 0 Å². The third-order valence-corrected chi connectivity index (χ3v) is 10.8. The lowest BCUT2D eigenvalue weighted by Gasteiger charge is -2.38. The van der Waals surface area contributed by atoms with Crippen molar-refractivity contribution >= 4 is 49.8 Å². The summed E-state index contributed by atoms with van der Waals surface area (Å²) in [6.07, 6.45) is 0. The summed E-state index contributed by atoms with van der Waals surface area (Å²) in [5, 5.41) is 4.89. The highest BCUT2D eigenvalue weighted by Crippen LogP contribution is 2.55. The highest BCUT2D eigenvalue weighted by molar-refractivity contribution is 6.15. The molecule has 0 atom stereocenters. The summed E-state index contributed by atoms with van der Waals surface area (Å²) < 4.78 is 6.61. The first-order valence-corrected chi connectivity index (χ1v) is 17.7. The van der Waals surface area contributed by atoms with Crippen molar-refractivity contribution in [1.82, 2.24) is 0 Å². The van der Waals surface area contributed by atoms with Crippen LogP contribution in [0.4, 0.5) is 17.1 Å². The van der Waals surface area contributed by atoms with Crippen LogP contribution in [0.1, 0.15) is 25.0 Å². The van der Waals surface area contributed by atoms with E-state index < -0.39 is 0 Å². The molecule has 0 bridgehead atoms. The third-order valence-electron chi connectivity index (χ3n) is 10.8. The first-order chi connectivity index (χ1) is 25.1. The second-order valence-corrected chi connectivity index (χ2v) is 14.1. The SMILES string of the molecule is CC1(C)c2c(-c3ccc(N(c4ccccc4)c4ccccc4)cc3)cccc2-c2c(-c3cccc4c3oc3ccccc34)ccc3cccc1c23. The van der Waals surface area contributed by atoms with E-state index in [1.54, 1.807) is 0 Å². The molecule has 51 heavy (non-hydrogen) atoms. The van der Waals surface area contributed by atoms with Gasteiger partial charge >= 0.3 is 0 Å². The number of furan rings is 1. The lowest BCUT2D eigenvalue weighted by Crippen LogP contribution is -2.25. The maximum absolute atomic E-state index is 6.61. The number of benzene rings is 8. The quantitative estimate of drug-likeness (QED) is 0.184. The minimum absolute atomic E-state index is 0.235. The summed E-state index contributed by atoms with van der Waals surface area (Å²) in [5.41, 5.74) is 15.1. The van der Waals surface area contributed by atoms with Crippen LogP contribution in [0.3, 0.4) is 0 Å². The van der Waals surface area contributed by atoms with E-state index in [4.69, 9.17) is 4.42 Å². The molecule has 0 unspecified atom stereocenters. The van der Waals surface area contributed by atoms with Gasteiger partial charge in [-0.05, 0) is 92.2 Å². The van der Waals surface area contributed by atoms with Crippen LogP contribution in [0, 0.1) is 0 Å². The fourth-order valence-electron chi connectivity index (χ4n) is 8.56. The Bertz CT molecular complexity index is 2720. The molecular formula is C49H35NO. The number of fused-ring (bicyclic) bond motifs is 5. The number of rotatable bonds is 5. The van der Waals surface area contributed by atoms with Crippen LogP contribution in [0.15, 0.2) is 180 Å². The van der Waals surface area contributed by atoms with Gasteiger partial charge in [0.05, 0.1) is 0 Å². The summed E-state index contributed by atoms with van der Waals surface area (Å²) in [7, 11) is 0. The minimum atomic E-state index is -0.235. The fourth-order valence-corrected chi connectivity index (χ4v) is 8.56. The van der Waals surface area contributed by atoms with Gasteiger partial charge in [-0.1, -0.05) is 147 Å². The van der Waals surface area contributed by atoms with Crippen molar-refractivity contribution in [3.63, 3.8) is 0 Å². The molecule has 0 saturated heterocycles. The molecule has 1 aliphatic rings. The van der Waals surface area contributed by atoms with Crippen LogP contribution in [-0.4, -0.2) is 0 Å². The van der Waals surface area contributed by atoms with Crippen LogP contribution in [0.25, 0.3) is 66.1 Å². The number of hydrogen-bond acceptors (Lipinski definition) is 2. The summed E-state index contributed by atoms with van der Waals surface area (Å²) in [4.78, 5) is 2.32. The summed E-state index contributed by atoms with van der Waals surface area (Å²) in [6, 6.07) is 63.4. The Balaban J connectivity index is 1.18. The Morgan fingerprint density at radius 2 is 1.06 bits per heavy atom. The van der Waals surface area contributed by atoms with E-state index in [1.807, 2.05) is 6.07 Å². The molecule has 0 radical (unpaired) electrons. The standard InChI is InChI=1S/C49H35NO/c1-49(2)43-24-11-14-33-28-31-39(41-22-13-21-40-38-19-9-10-25-44(38)51-48(40)41)46(45(33)43)42-23-12-20-37(47(42)49)32-26-29-36(30-27-32)50(34-15-5-3-6-16-34)35-17-7-4-8-18-35/h3-31H,1-2H3. The van der Waals surface area contributed by atoms with Crippen molar-refractivity contribution in [2.75, 3.05) is 4.90 Å². The molecule has 9 aromatic rings. The van der Waals surface area contributed by atoms with Gasteiger partial charge in [-0.2, -0.15) is 0 Å². The molecule has 0 fully saturated rings. The molecule has 0 spiro atoms. The summed E-state index contributed by atoms with van der Waals surface area (Å²) in [5.74, 6) is 0. The predicted octanol–water partition coefficient (Wildman–Crippen LogP) is 13.8. The molecule has 242 valence electrons. The van der Waals surface area contributed by atoms with Gasteiger partial charge in [-0.25, -0.2) is 0 Å². The van der Waals surface area contributed by atoms with Crippen LogP contribution >= 0.6 is 0 Å². The molecule has 10 rings (SSSR count). The molecule has 0 N–H and O–H groups in total. The molecule has 2 heteroatoms. The van der Waals surface area contributed by atoms with Crippen molar-refractivity contribution in [2.45, 2.75) is 19.3 Å². The molecule has 2 nitrogen and oxygen atoms in total. The van der Waals surface area contributed by atoms with Gasteiger partial charge < -0.3 is 9.32 Å². The average Bonchev–Trinajstić information content (AvgIpc) is 3.57. The molecule has 8 aromatic carbocycles. The van der Waals surface area contributed by atoms with Gasteiger partial charge in [0.2, 0.25) is 0 Å². The first-order valence-electron chi connectivity index (χ1n) is 17.7. The van der Waals surface area contributed by atoms with Gasteiger partial charge in [0.25, 0.3) is 0 Å². The number of nitrogens with zero attached hydrogens (tertiary/aromatic N) is 1. The monoisotopic (exact) mass is 653 g/mol. The lowest BCUT2D eigenvalue weighted by molar-refractivity contribution is 0.647. The van der Waals surface area contributed by atoms with Gasteiger partial charge in [0.15, 0.2) is 0 Å². The number of para-hydroxylation sites is 4. The van der Waals surface area contributed by atoms with Crippen molar-refractivity contribution in [3.05, 3.63) is 187 Å². The zero-order chi connectivity index (χ0) is 34.1. The van der Waals surface area contributed by atoms with Gasteiger partial charge in [-0.3, -0.25) is 0 Å². The Morgan fingerprint density at radius 3 is 1.82 bits per heavy atom. The fraction of sp³-hybridized carbons (Fsp3) is 0.0612. The topological polar surface area (TPSA) is 16.4 Å². The second-order valence-electron chi connectivity index (χ2n) is 14.1. The number of anilines is 3. The van der Waals surface area contributed by atoms with Crippen LogP contribution < -0.4 is 4.90 Å². The molecule has 1 heterocycles. The highest BCUT2D eigenvalue weighted by Gasteiger charge is 2.37. The molecule has 0 saturated carbocycles. The Hall–Kier alpha value is -6.38. The van der Waals surface area contributed by atoms with Gasteiger partial charge in [-0.15, -0.1) is 0 Å². The van der Waals surface area contributed by atoms with Crippen molar-refractivity contribution in [3.8, 4) is 33.4 Å². The molecule has 0 aliphatic heterocycles. The molecule has 1 aliphatic carbocycles. The van der Waals surface area contributed by atoms with Crippen molar-refractivity contribution in [1.29, 1.82) is 0 Å². The van der Waals surface area contributed by atoms with E-state index in [0.717, 1.165) is 44.6 Å². The highest BCUT2D eigenvalue weighted by atomic mass is 16.3. The van der Waals surface area contributed by atoms with E-state index in [9.17, 15) is 0 Å². The Morgan fingerprint density at radius 1 is 0.451 bits per heavy atom. The summed E-state index contributed by atoms with van der Waals surface area (Å²) in [6.45, 7) is 4.78. The maximum atomic E-state index is 6.61. The predicted molar refractivity (Wildman–Crippen MR) is 214 cm³/mol. The second kappa shape index (κ2) is 11.3. The average molecular weight is 654 g/mol. The maximum Gasteiger partial charge on any atom is 0.143 e. The Kier molecular flexibility index (Phi) is 6.56. The summed E-state index contributed by atoms with van der Waals surface area (Å²) >= 11 is 0. The van der Waals surface area contributed by atoms with E-state index in [0.29, 0.717) is 0 Å². The minimum Gasteiger partial charge on any atom is -0.455 e.